The molecule has 0 aliphatic rings. The number of benzene rings is 1. The van der Waals surface area contributed by atoms with Gasteiger partial charge in [0, 0.05) is 18.5 Å². The third-order valence-corrected chi connectivity index (χ3v) is 3.97. The van der Waals surface area contributed by atoms with Gasteiger partial charge < -0.3 is 8.98 Å². The number of fused-ring (bicyclic) bond motifs is 1. The van der Waals surface area contributed by atoms with Crippen molar-refractivity contribution in [3.63, 3.8) is 0 Å². The fraction of sp³-hybridized carbons (Fsp3) is 0.267. The summed E-state index contributed by atoms with van der Waals surface area (Å²) in [6, 6.07) is 6.72. The van der Waals surface area contributed by atoms with Crippen LogP contribution in [0.2, 0.25) is 5.02 Å². The summed E-state index contributed by atoms with van der Waals surface area (Å²) in [6.45, 7) is 2.02. The van der Waals surface area contributed by atoms with Crippen molar-refractivity contribution in [3.05, 3.63) is 53.0 Å². The number of furan rings is 1. The minimum Gasteiger partial charge on any atom is -0.469 e. The predicted molar refractivity (Wildman–Crippen MR) is 81.4 cm³/mol. The molecule has 0 saturated carbocycles. The number of imidazole rings is 1. The van der Waals surface area contributed by atoms with Crippen molar-refractivity contribution in [2.24, 2.45) is 0 Å². The molecular formula is C15H13Cl2FN2O. The summed E-state index contributed by atoms with van der Waals surface area (Å²) in [5, 5.41) is 0.0620. The Labute approximate surface area is 131 Å². The van der Waals surface area contributed by atoms with Crippen molar-refractivity contribution in [2.75, 3.05) is 0 Å². The fourth-order valence-corrected chi connectivity index (χ4v) is 2.88. The molecule has 110 valence electrons. The van der Waals surface area contributed by atoms with Crippen LogP contribution >= 0.6 is 23.2 Å². The molecule has 2 heterocycles. The number of nitrogens with zero attached hydrogens (tertiary/aromatic N) is 2. The average molecular weight is 327 g/mol. The lowest BCUT2D eigenvalue weighted by Gasteiger charge is -2.16. The SMILES string of the molecule is CC(Cc1ccco1)n1c(CCl)nc2cc(Cl)c(F)cc21. The van der Waals surface area contributed by atoms with E-state index in [0.717, 1.165) is 5.76 Å². The number of rotatable bonds is 4. The van der Waals surface area contributed by atoms with Crippen LogP contribution < -0.4 is 0 Å². The van der Waals surface area contributed by atoms with E-state index in [4.69, 9.17) is 27.6 Å². The second-order valence-corrected chi connectivity index (χ2v) is 5.59. The van der Waals surface area contributed by atoms with Crippen molar-refractivity contribution >= 4 is 34.2 Å². The normalized spacial score (nSPS) is 13.0. The molecule has 0 aliphatic carbocycles. The predicted octanol–water partition coefficient (Wildman–Crippen LogP) is 4.96. The van der Waals surface area contributed by atoms with E-state index >= 15 is 0 Å². The lowest BCUT2D eigenvalue weighted by Crippen LogP contribution is -2.11. The first-order valence-electron chi connectivity index (χ1n) is 6.54. The molecule has 0 amide bonds. The van der Waals surface area contributed by atoms with E-state index in [1.165, 1.54) is 12.1 Å². The van der Waals surface area contributed by atoms with Crippen LogP contribution in [0.5, 0.6) is 0 Å². The van der Waals surface area contributed by atoms with Crippen LogP contribution in [0.3, 0.4) is 0 Å². The van der Waals surface area contributed by atoms with Gasteiger partial charge in [0.05, 0.1) is 28.2 Å². The van der Waals surface area contributed by atoms with Crippen molar-refractivity contribution in [1.82, 2.24) is 9.55 Å². The Bertz CT molecular complexity index is 768. The first-order valence-corrected chi connectivity index (χ1v) is 7.45. The van der Waals surface area contributed by atoms with Gasteiger partial charge in [-0.05, 0) is 25.1 Å². The van der Waals surface area contributed by atoms with Crippen LogP contribution in [0.4, 0.5) is 4.39 Å². The van der Waals surface area contributed by atoms with Crippen LogP contribution in [0.25, 0.3) is 11.0 Å². The third-order valence-electron chi connectivity index (χ3n) is 3.44. The lowest BCUT2D eigenvalue weighted by atomic mass is 10.2. The van der Waals surface area contributed by atoms with Crippen LogP contribution in [-0.2, 0) is 12.3 Å². The number of hydrogen-bond acceptors (Lipinski definition) is 2. The lowest BCUT2D eigenvalue weighted by molar-refractivity contribution is 0.449. The Kier molecular flexibility index (Phi) is 3.91. The number of hydrogen-bond donors (Lipinski definition) is 0. The summed E-state index contributed by atoms with van der Waals surface area (Å²) in [7, 11) is 0. The van der Waals surface area contributed by atoms with Crippen LogP contribution in [0.15, 0.2) is 34.9 Å². The summed E-state index contributed by atoms with van der Waals surface area (Å²) in [5.41, 5.74) is 1.33. The van der Waals surface area contributed by atoms with E-state index in [2.05, 4.69) is 4.98 Å². The Balaban J connectivity index is 2.09. The number of aromatic nitrogens is 2. The Morgan fingerprint density at radius 3 is 2.90 bits per heavy atom. The van der Waals surface area contributed by atoms with Crippen LogP contribution in [0.1, 0.15) is 24.6 Å². The Morgan fingerprint density at radius 1 is 1.43 bits per heavy atom. The average Bonchev–Trinajstić information content (AvgIpc) is 3.06. The minimum atomic E-state index is -0.461. The van der Waals surface area contributed by atoms with E-state index in [1.54, 1.807) is 6.26 Å². The second-order valence-electron chi connectivity index (χ2n) is 4.92. The summed E-state index contributed by atoms with van der Waals surface area (Å²) in [5.74, 6) is 1.33. The van der Waals surface area contributed by atoms with Gasteiger partial charge in [0.15, 0.2) is 0 Å². The van der Waals surface area contributed by atoms with Gasteiger partial charge in [0.1, 0.15) is 17.4 Å². The monoisotopic (exact) mass is 326 g/mol. The van der Waals surface area contributed by atoms with Crippen molar-refractivity contribution in [1.29, 1.82) is 0 Å². The van der Waals surface area contributed by atoms with E-state index in [1.807, 2.05) is 23.6 Å². The molecule has 0 spiro atoms. The standard InChI is InChI=1S/C15H13Cl2FN2O/c1-9(5-10-3-2-4-21-10)20-14-7-12(18)11(17)6-13(14)19-15(20)8-16/h2-4,6-7,9H,5,8H2,1H3. The topological polar surface area (TPSA) is 31.0 Å². The molecule has 6 heteroatoms. The Morgan fingerprint density at radius 2 is 2.24 bits per heavy atom. The van der Waals surface area contributed by atoms with Gasteiger partial charge in [0.2, 0.25) is 0 Å². The molecule has 0 fully saturated rings. The maximum Gasteiger partial charge on any atom is 0.144 e. The van der Waals surface area contributed by atoms with Gasteiger partial charge in [-0.25, -0.2) is 9.37 Å². The molecule has 2 aromatic heterocycles. The van der Waals surface area contributed by atoms with Gasteiger partial charge in [-0.1, -0.05) is 11.6 Å². The highest BCUT2D eigenvalue weighted by Crippen LogP contribution is 2.28. The number of alkyl halides is 1. The van der Waals surface area contributed by atoms with Crippen molar-refractivity contribution < 1.29 is 8.81 Å². The van der Waals surface area contributed by atoms with Gasteiger partial charge in [-0.3, -0.25) is 0 Å². The number of halogens is 3. The van der Waals surface area contributed by atoms with Gasteiger partial charge in [0.25, 0.3) is 0 Å². The third kappa shape index (κ3) is 2.65. The highest BCUT2D eigenvalue weighted by molar-refractivity contribution is 6.31. The van der Waals surface area contributed by atoms with Gasteiger partial charge >= 0.3 is 0 Å². The first kappa shape index (κ1) is 14.4. The van der Waals surface area contributed by atoms with Crippen molar-refractivity contribution in [2.45, 2.75) is 25.3 Å². The zero-order chi connectivity index (χ0) is 15.0. The van der Waals surface area contributed by atoms with E-state index in [-0.39, 0.29) is 16.9 Å². The molecule has 0 aliphatic heterocycles. The maximum absolute atomic E-state index is 13.8. The molecule has 1 atom stereocenters. The van der Waals surface area contributed by atoms with E-state index < -0.39 is 5.82 Å². The minimum absolute atomic E-state index is 0.0375. The summed E-state index contributed by atoms with van der Waals surface area (Å²) in [4.78, 5) is 4.43. The molecule has 3 nitrogen and oxygen atoms in total. The highest BCUT2D eigenvalue weighted by Gasteiger charge is 2.18. The molecule has 1 unspecified atom stereocenters. The van der Waals surface area contributed by atoms with Gasteiger partial charge in [-0.2, -0.15) is 0 Å². The molecule has 0 N–H and O–H groups in total. The molecule has 3 rings (SSSR count). The summed E-state index contributed by atoms with van der Waals surface area (Å²) >= 11 is 11.8. The van der Waals surface area contributed by atoms with E-state index in [9.17, 15) is 4.39 Å². The summed E-state index contributed by atoms with van der Waals surface area (Å²) in [6.07, 6.45) is 2.31. The molecule has 3 aromatic rings. The fourth-order valence-electron chi connectivity index (χ4n) is 2.54. The smallest absolute Gasteiger partial charge is 0.144 e. The van der Waals surface area contributed by atoms with Crippen molar-refractivity contribution in [3.8, 4) is 0 Å². The maximum atomic E-state index is 13.8. The molecule has 1 aromatic carbocycles. The molecule has 0 saturated heterocycles. The second kappa shape index (κ2) is 5.70. The Hall–Kier alpha value is -1.52. The van der Waals surface area contributed by atoms with E-state index in [0.29, 0.717) is 23.3 Å². The zero-order valence-electron chi connectivity index (χ0n) is 11.3. The molecule has 0 radical (unpaired) electrons. The van der Waals surface area contributed by atoms with Crippen LogP contribution in [-0.4, -0.2) is 9.55 Å². The zero-order valence-corrected chi connectivity index (χ0v) is 12.8. The molecule has 21 heavy (non-hydrogen) atoms. The van der Waals surface area contributed by atoms with Gasteiger partial charge in [-0.15, -0.1) is 11.6 Å². The van der Waals surface area contributed by atoms with Crippen LogP contribution in [0, 0.1) is 5.82 Å². The highest BCUT2D eigenvalue weighted by atomic mass is 35.5. The first-order chi connectivity index (χ1) is 10.1. The molecular weight excluding hydrogens is 314 g/mol. The quantitative estimate of drug-likeness (QED) is 0.634. The molecule has 0 bridgehead atoms. The summed E-state index contributed by atoms with van der Waals surface area (Å²) < 4.78 is 21.1. The largest absolute Gasteiger partial charge is 0.469 e.